The molecule has 1 aromatic rings. The lowest BCUT2D eigenvalue weighted by Crippen LogP contribution is -2.45. The van der Waals surface area contributed by atoms with Crippen LogP contribution in [0.15, 0.2) is 12.1 Å². The first-order valence-electron chi connectivity index (χ1n) is 7.45. The van der Waals surface area contributed by atoms with Crippen molar-refractivity contribution < 1.29 is 9.53 Å². The molecule has 1 unspecified atom stereocenters. The van der Waals surface area contributed by atoms with E-state index in [-0.39, 0.29) is 12.0 Å². The number of rotatable bonds is 4. The summed E-state index contributed by atoms with van der Waals surface area (Å²) >= 11 is 0. The fourth-order valence-corrected chi connectivity index (χ4v) is 2.86. The minimum absolute atomic E-state index is 0.0238. The fraction of sp³-hybridized carbons (Fsp3) is 0.533. The van der Waals surface area contributed by atoms with Crippen LogP contribution in [-0.2, 0) is 16.0 Å². The number of benzene rings is 1. The van der Waals surface area contributed by atoms with Gasteiger partial charge in [-0.05, 0) is 24.2 Å². The summed E-state index contributed by atoms with van der Waals surface area (Å²) in [5, 5.41) is 6.19. The molecule has 2 aliphatic heterocycles. The van der Waals surface area contributed by atoms with Gasteiger partial charge in [-0.15, -0.1) is 0 Å². The standard InChI is InChI=1S/C15H22N4O2/c1-2-19-3-4-21-11(9-19)8-17-14-7-13-10(5-12(14)16)6-15(20)18-13/h5,7,11,17H,2-4,6,8-9,16H2,1H3,(H,18,20). The summed E-state index contributed by atoms with van der Waals surface area (Å²) in [7, 11) is 0. The van der Waals surface area contributed by atoms with Crippen LogP contribution in [0.2, 0.25) is 0 Å². The molecule has 1 fully saturated rings. The van der Waals surface area contributed by atoms with E-state index in [9.17, 15) is 4.79 Å². The number of carbonyl (C=O) groups excluding carboxylic acids is 1. The maximum absolute atomic E-state index is 11.4. The molecular weight excluding hydrogens is 268 g/mol. The van der Waals surface area contributed by atoms with Gasteiger partial charge in [-0.3, -0.25) is 9.69 Å². The third-order valence-electron chi connectivity index (χ3n) is 4.09. The first kappa shape index (κ1) is 14.2. The molecule has 2 aliphatic rings. The van der Waals surface area contributed by atoms with Crippen molar-refractivity contribution in [3.05, 3.63) is 17.7 Å². The smallest absolute Gasteiger partial charge is 0.228 e. The zero-order valence-corrected chi connectivity index (χ0v) is 12.3. The summed E-state index contributed by atoms with van der Waals surface area (Å²) in [6.45, 7) is 6.64. The molecule has 6 nitrogen and oxygen atoms in total. The molecule has 1 aromatic carbocycles. The second-order valence-corrected chi connectivity index (χ2v) is 5.59. The van der Waals surface area contributed by atoms with Crippen molar-refractivity contribution in [1.82, 2.24) is 4.90 Å². The summed E-state index contributed by atoms with van der Waals surface area (Å²) in [6.07, 6.45) is 0.581. The summed E-state index contributed by atoms with van der Waals surface area (Å²) in [5.41, 5.74) is 9.41. The van der Waals surface area contributed by atoms with Crippen LogP contribution >= 0.6 is 0 Å². The number of hydrogen-bond acceptors (Lipinski definition) is 5. The fourth-order valence-electron chi connectivity index (χ4n) is 2.86. The molecule has 1 atom stereocenters. The molecule has 0 spiro atoms. The monoisotopic (exact) mass is 290 g/mol. The average molecular weight is 290 g/mol. The van der Waals surface area contributed by atoms with Gasteiger partial charge in [-0.2, -0.15) is 0 Å². The number of anilines is 3. The number of hydrogen-bond donors (Lipinski definition) is 3. The molecule has 1 saturated heterocycles. The number of morpholine rings is 1. The van der Waals surface area contributed by atoms with Crippen molar-refractivity contribution >= 4 is 23.0 Å². The lowest BCUT2D eigenvalue weighted by atomic mass is 10.1. The van der Waals surface area contributed by atoms with Crippen LogP contribution < -0.4 is 16.4 Å². The molecule has 2 heterocycles. The van der Waals surface area contributed by atoms with E-state index in [2.05, 4.69) is 22.5 Å². The Hall–Kier alpha value is -1.79. The van der Waals surface area contributed by atoms with Crippen LogP contribution in [0.1, 0.15) is 12.5 Å². The number of fused-ring (bicyclic) bond motifs is 1. The first-order valence-corrected chi connectivity index (χ1v) is 7.45. The number of carbonyl (C=O) groups is 1. The molecule has 0 saturated carbocycles. The highest BCUT2D eigenvalue weighted by Crippen LogP contribution is 2.31. The van der Waals surface area contributed by atoms with Gasteiger partial charge in [0.2, 0.25) is 5.91 Å². The van der Waals surface area contributed by atoms with Gasteiger partial charge >= 0.3 is 0 Å². The van der Waals surface area contributed by atoms with E-state index in [0.29, 0.717) is 18.7 Å². The number of likely N-dealkylation sites (N-methyl/N-ethyl adjacent to an activating group) is 1. The van der Waals surface area contributed by atoms with Gasteiger partial charge in [-0.1, -0.05) is 6.92 Å². The second kappa shape index (κ2) is 5.91. The summed E-state index contributed by atoms with van der Waals surface area (Å²) in [4.78, 5) is 13.8. The maximum Gasteiger partial charge on any atom is 0.228 e. The Bertz CT molecular complexity index is 547. The molecule has 0 radical (unpaired) electrons. The van der Waals surface area contributed by atoms with Crippen LogP contribution in [-0.4, -0.2) is 49.7 Å². The Labute approximate surface area is 124 Å². The predicted molar refractivity (Wildman–Crippen MR) is 83.5 cm³/mol. The highest BCUT2D eigenvalue weighted by molar-refractivity contribution is 6.00. The Balaban J connectivity index is 1.63. The van der Waals surface area contributed by atoms with Crippen LogP contribution in [0.3, 0.4) is 0 Å². The minimum Gasteiger partial charge on any atom is -0.397 e. The topological polar surface area (TPSA) is 79.6 Å². The van der Waals surface area contributed by atoms with Crippen LogP contribution in [0.25, 0.3) is 0 Å². The molecule has 0 bridgehead atoms. The van der Waals surface area contributed by atoms with E-state index in [0.717, 1.165) is 43.2 Å². The SMILES string of the molecule is CCN1CCOC(CNc2cc3c(cc2N)CC(=O)N3)C1. The highest BCUT2D eigenvalue weighted by Gasteiger charge is 2.21. The van der Waals surface area contributed by atoms with Crippen molar-refractivity contribution in [1.29, 1.82) is 0 Å². The van der Waals surface area contributed by atoms with Gasteiger partial charge in [0.1, 0.15) is 0 Å². The van der Waals surface area contributed by atoms with Crippen molar-refractivity contribution in [2.24, 2.45) is 0 Å². The molecule has 4 N–H and O–H groups in total. The van der Waals surface area contributed by atoms with Crippen molar-refractivity contribution in [2.75, 3.05) is 49.2 Å². The third-order valence-corrected chi connectivity index (χ3v) is 4.09. The third kappa shape index (κ3) is 3.11. The number of nitrogens with one attached hydrogen (secondary N) is 2. The Kier molecular flexibility index (Phi) is 3.98. The Morgan fingerprint density at radius 3 is 3.19 bits per heavy atom. The quantitative estimate of drug-likeness (QED) is 0.718. The molecule has 0 aromatic heterocycles. The van der Waals surface area contributed by atoms with Gasteiger partial charge in [0.15, 0.2) is 0 Å². The normalized spacial score (nSPS) is 22.0. The van der Waals surface area contributed by atoms with Crippen molar-refractivity contribution in [3.63, 3.8) is 0 Å². The average Bonchev–Trinajstić information content (AvgIpc) is 2.84. The molecule has 3 rings (SSSR count). The Morgan fingerprint density at radius 1 is 1.52 bits per heavy atom. The molecular formula is C15H22N4O2. The van der Waals surface area contributed by atoms with Crippen molar-refractivity contribution in [2.45, 2.75) is 19.4 Å². The largest absolute Gasteiger partial charge is 0.397 e. The molecule has 0 aliphatic carbocycles. The van der Waals surface area contributed by atoms with E-state index in [1.165, 1.54) is 0 Å². The molecule has 21 heavy (non-hydrogen) atoms. The Morgan fingerprint density at radius 2 is 2.38 bits per heavy atom. The number of ether oxygens (including phenoxy) is 1. The highest BCUT2D eigenvalue weighted by atomic mass is 16.5. The van der Waals surface area contributed by atoms with Gasteiger partial charge in [0.25, 0.3) is 0 Å². The lowest BCUT2D eigenvalue weighted by Gasteiger charge is -2.32. The zero-order valence-electron chi connectivity index (χ0n) is 12.3. The zero-order chi connectivity index (χ0) is 14.8. The van der Waals surface area contributed by atoms with Gasteiger partial charge in [-0.25, -0.2) is 0 Å². The predicted octanol–water partition coefficient (Wildman–Crippen LogP) is 0.896. The first-order chi connectivity index (χ1) is 10.2. The number of nitrogens with two attached hydrogens (primary N) is 1. The molecule has 1 amide bonds. The van der Waals surface area contributed by atoms with E-state index < -0.39 is 0 Å². The number of nitrogen functional groups attached to an aromatic ring is 1. The van der Waals surface area contributed by atoms with Gasteiger partial charge in [0.05, 0.1) is 30.5 Å². The van der Waals surface area contributed by atoms with Crippen molar-refractivity contribution in [3.8, 4) is 0 Å². The number of nitrogens with zero attached hydrogens (tertiary/aromatic N) is 1. The molecule has 6 heteroatoms. The number of amides is 1. The van der Waals surface area contributed by atoms with Crippen LogP contribution in [0.4, 0.5) is 17.1 Å². The van der Waals surface area contributed by atoms with E-state index in [1.807, 2.05) is 12.1 Å². The van der Waals surface area contributed by atoms with E-state index >= 15 is 0 Å². The summed E-state index contributed by atoms with van der Waals surface area (Å²) < 4.78 is 5.77. The lowest BCUT2D eigenvalue weighted by molar-refractivity contribution is -0.115. The molecule has 114 valence electrons. The van der Waals surface area contributed by atoms with Crippen LogP contribution in [0.5, 0.6) is 0 Å². The van der Waals surface area contributed by atoms with E-state index in [1.54, 1.807) is 0 Å². The van der Waals surface area contributed by atoms with E-state index in [4.69, 9.17) is 10.5 Å². The summed E-state index contributed by atoms with van der Waals surface area (Å²) in [5.74, 6) is 0.0238. The van der Waals surface area contributed by atoms with Gasteiger partial charge in [0, 0.05) is 25.3 Å². The maximum atomic E-state index is 11.4. The van der Waals surface area contributed by atoms with Gasteiger partial charge < -0.3 is 21.1 Å². The second-order valence-electron chi connectivity index (χ2n) is 5.59. The minimum atomic E-state index is 0.0238. The summed E-state index contributed by atoms with van der Waals surface area (Å²) in [6, 6.07) is 3.78. The van der Waals surface area contributed by atoms with Crippen LogP contribution in [0, 0.1) is 0 Å².